The summed E-state index contributed by atoms with van der Waals surface area (Å²) in [4.78, 5) is 6.97. The van der Waals surface area contributed by atoms with Gasteiger partial charge in [-0.05, 0) is 36.8 Å². The second kappa shape index (κ2) is 4.54. The lowest BCUT2D eigenvalue weighted by Gasteiger charge is -2.10. The molecule has 0 aromatic heterocycles. The number of rotatable bonds is 3. The van der Waals surface area contributed by atoms with Gasteiger partial charge in [-0.25, -0.2) is 4.21 Å². The van der Waals surface area contributed by atoms with E-state index >= 15 is 0 Å². The molecule has 0 spiro atoms. The van der Waals surface area contributed by atoms with Crippen molar-refractivity contribution in [3.05, 3.63) is 28.8 Å². The Kier molecular flexibility index (Phi) is 3.62. The maximum absolute atomic E-state index is 10.3. The van der Waals surface area contributed by atoms with Gasteiger partial charge in [-0.1, -0.05) is 17.7 Å². The van der Waals surface area contributed by atoms with Crippen molar-refractivity contribution in [1.82, 2.24) is 4.89 Å². The molecule has 2 N–H and O–H groups in total. The van der Waals surface area contributed by atoms with Crippen LogP contribution in [-0.2, 0) is 11.3 Å². The van der Waals surface area contributed by atoms with E-state index in [0.717, 1.165) is 16.7 Å². The number of nitrogens with one attached hydrogen (secondary N) is 1. The Hall–Kier alpha value is -0.910. The smallest absolute Gasteiger partial charge is 0.266 e. The van der Waals surface area contributed by atoms with Crippen LogP contribution < -0.4 is 9.72 Å². The van der Waals surface area contributed by atoms with Gasteiger partial charge in [0.25, 0.3) is 11.3 Å². The molecule has 1 aromatic carbocycles. The van der Waals surface area contributed by atoms with Gasteiger partial charge in [0.05, 0.1) is 0 Å². The van der Waals surface area contributed by atoms with Crippen molar-refractivity contribution in [2.24, 2.45) is 0 Å². The summed E-state index contributed by atoms with van der Waals surface area (Å²) in [6.45, 7) is 5.76. The van der Waals surface area contributed by atoms with Gasteiger partial charge in [-0.2, -0.15) is 0 Å². The zero-order valence-corrected chi connectivity index (χ0v) is 9.14. The summed E-state index contributed by atoms with van der Waals surface area (Å²) >= 11 is -2.16. The second-order valence-corrected chi connectivity index (χ2v) is 3.83. The summed E-state index contributed by atoms with van der Waals surface area (Å²) in [6, 6.07) is 3.90. The van der Waals surface area contributed by atoms with Crippen LogP contribution in [0, 0.1) is 20.8 Å². The molecule has 0 aliphatic carbocycles. The third kappa shape index (κ3) is 2.80. The van der Waals surface area contributed by atoms with Crippen molar-refractivity contribution >= 4 is 11.3 Å². The zero-order chi connectivity index (χ0) is 10.7. The molecule has 0 radical (unpaired) electrons. The standard InChI is InChI=1S/C9H13NO3S/c1-6-4-7(2)9(8(3)5-6)13-10-14(11)12/h4-5,10H,1-3H3,(H,11,12). The lowest BCUT2D eigenvalue weighted by molar-refractivity contribution is 0.262. The van der Waals surface area contributed by atoms with Crippen LogP contribution in [0.25, 0.3) is 0 Å². The van der Waals surface area contributed by atoms with Crippen LogP contribution in [0.15, 0.2) is 12.1 Å². The highest BCUT2D eigenvalue weighted by atomic mass is 32.2. The van der Waals surface area contributed by atoms with Gasteiger partial charge in [-0.3, -0.25) is 4.55 Å². The van der Waals surface area contributed by atoms with Crippen molar-refractivity contribution in [2.75, 3.05) is 0 Å². The van der Waals surface area contributed by atoms with Crippen molar-refractivity contribution in [3.63, 3.8) is 0 Å². The molecule has 0 saturated heterocycles. The average Bonchev–Trinajstić information content (AvgIpc) is 2.01. The van der Waals surface area contributed by atoms with E-state index < -0.39 is 11.3 Å². The van der Waals surface area contributed by atoms with Crippen LogP contribution in [0.2, 0.25) is 0 Å². The van der Waals surface area contributed by atoms with Crippen LogP contribution in [0.5, 0.6) is 5.75 Å². The molecule has 0 aliphatic heterocycles. The third-order valence-electron chi connectivity index (χ3n) is 1.82. The highest BCUT2D eigenvalue weighted by Gasteiger charge is 2.05. The molecule has 0 saturated carbocycles. The van der Waals surface area contributed by atoms with Crippen LogP contribution in [-0.4, -0.2) is 8.76 Å². The summed E-state index contributed by atoms with van der Waals surface area (Å²) in [7, 11) is 0. The molecule has 0 amide bonds. The topological polar surface area (TPSA) is 58.6 Å². The molecular formula is C9H13NO3S. The highest BCUT2D eigenvalue weighted by molar-refractivity contribution is 7.76. The second-order valence-electron chi connectivity index (χ2n) is 3.16. The van der Waals surface area contributed by atoms with Gasteiger partial charge in [0.15, 0.2) is 5.75 Å². The van der Waals surface area contributed by atoms with E-state index in [1.165, 1.54) is 0 Å². The molecule has 0 bridgehead atoms. The summed E-state index contributed by atoms with van der Waals surface area (Å²) in [5.41, 5.74) is 3.00. The van der Waals surface area contributed by atoms with Crippen molar-refractivity contribution in [2.45, 2.75) is 20.8 Å². The normalized spacial score (nSPS) is 12.6. The molecule has 1 atom stereocenters. The minimum atomic E-state index is -2.16. The Morgan fingerprint density at radius 2 is 1.79 bits per heavy atom. The molecule has 0 fully saturated rings. The highest BCUT2D eigenvalue weighted by Crippen LogP contribution is 2.23. The molecule has 0 heterocycles. The minimum absolute atomic E-state index is 0.595. The average molecular weight is 215 g/mol. The van der Waals surface area contributed by atoms with Crippen LogP contribution >= 0.6 is 0 Å². The molecule has 1 aromatic rings. The van der Waals surface area contributed by atoms with E-state index in [0.29, 0.717) is 5.75 Å². The largest absolute Gasteiger partial charge is 0.393 e. The van der Waals surface area contributed by atoms with Gasteiger partial charge in [-0.15, -0.1) is 0 Å². The van der Waals surface area contributed by atoms with E-state index in [-0.39, 0.29) is 0 Å². The van der Waals surface area contributed by atoms with Gasteiger partial charge in [0, 0.05) is 0 Å². The molecule has 1 unspecified atom stereocenters. The van der Waals surface area contributed by atoms with E-state index in [2.05, 4.69) is 0 Å². The van der Waals surface area contributed by atoms with Crippen molar-refractivity contribution in [3.8, 4) is 5.75 Å². The van der Waals surface area contributed by atoms with E-state index in [9.17, 15) is 4.21 Å². The lowest BCUT2D eigenvalue weighted by atomic mass is 10.1. The van der Waals surface area contributed by atoms with Gasteiger partial charge >= 0.3 is 0 Å². The van der Waals surface area contributed by atoms with Crippen molar-refractivity contribution in [1.29, 1.82) is 0 Å². The summed E-state index contributed by atoms with van der Waals surface area (Å²) in [5.74, 6) is 0.595. The number of aryl methyl sites for hydroxylation is 3. The number of benzene rings is 1. The van der Waals surface area contributed by atoms with Crippen LogP contribution in [0.1, 0.15) is 16.7 Å². The first-order valence-electron chi connectivity index (χ1n) is 4.12. The molecule has 4 nitrogen and oxygen atoms in total. The molecule has 1 rings (SSSR count). The fraction of sp³-hybridized carbons (Fsp3) is 0.333. The Balaban J connectivity index is 2.91. The fourth-order valence-corrected chi connectivity index (χ4v) is 1.56. The fourth-order valence-electron chi connectivity index (χ4n) is 1.41. The Bertz CT molecular complexity index is 342. The first-order valence-corrected chi connectivity index (χ1v) is 5.22. The SMILES string of the molecule is Cc1cc(C)c(ONS(=O)O)c(C)c1. The summed E-state index contributed by atoms with van der Waals surface area (Å²) in [5, 5.41) is 0. The Morgan fingerprint density at radius 3 is 2.21 bits per heavy atom. The molecule has 5 heteroatoms. The Morgan fingerprint density at radius 1 is 1.29 bits per heavy atom. The van der Waals surface area contributed by atoms with E-state index in [1.54, 1.807) is 0 Å². The first kappa shape index (κ1) is 11.2. The van der Waals surface area contributed by atoms with Gasteiger partial charge in [0.2, 0.25) is 0 Å². The maximum atomic E-state index is 10.3. The Labute approximate surface area is 85.7 Å². The summed E-state index contributed by atoms with van der Waals surface area (Å²) < 4.78 is 18.8. The minimum Gasteiger partial charge on any atom is -0.393 e. The number of hydrogen-bond donors (Lipinski definition) is 2. The first-order chi connectivity index (χ1) is 6.50. The molecule has 14 heavy (non-hydrogen) atoms. The van der Waals surface area contributed by atoms with Crippen molar-refractivity contribution < 1.29 is 13.6 Å². The molecule has 78 valence electrons. The van der Waals surface area contributed by atoms with Gasteiger partial charge < -0.3 is 4.84 Å². The maximum Gasteiger partial charge on any atom is 0.266 e. The van der Waals surface area contributed by atoms with E-state index in [4.69, 9.17) is 9.39 Å². The third-order valence-corrected chi connectivity index (χ3v) is 2.05. The predicted octanol–water partition coefficient (Wildman–Crippen LogP) is 1.63. The predicted molar refractivity (Wildman–Crippen MR) is 55.2 cm³/mol. The monoisotopic (exact) mass is 215 g/mol. The summed E-state index contributed by atoms with van der Waals surface area (Å²) in [6.07, 6.45) is 0. The molecule has 0 aliphatic rings. The quantitative estimate of drug-likeness (QED) is 0.595. The molecular weight excluding hydrogens is 202 g/mol. The van der Waals surface area contributed by atoms with E-state index in [1.807, 2.05) is 37.8 Å². The van der Waals surface area contributed by atoms with Gasteiger partial charge in [0.1, 0.15) is 0 Å². The zero-order valence-electron chi connectivity index (χ0n) is 8.33. The van der Waals surface area contributed by atoms with Crippen LogP contribution in [0.4, 0.5) is 0 Å². The number of hydrogen-bond acceptors (Lipinski definition) is 2. The van der Waals surface area contributed by atoms with Crippen LogP contribution in [0.3, 0.4) is 0 Å². The lowest BCUT2D eigenvalue weighted by Crippen LogP contribution is -2.21.